The van der Waals surface area contributed by atoms with E-state index in [1.54, 1.807) is 40.6 Å². The van der Waals surface area contributed by atoms with Gasteiger partial charge in [-0.2, -0.15) is 0 Å². The number of Topliss-reactive ketones (excluding diaryl/α,β-unsaturated/α-hetero) is 1. The van der Waals surface area contributed by atoms with Crippen LogP contribution >= 0.6 is 22.9 Å². The van der Waals surface area contributed by atoms with Crippen LogP contribution in [0, 0.1) is 0 Å². The van der Waals surface area contributed by atoms with E-state index in [1.165, 1.54) is 11.3 Å². The van der Waals surface area contributed by atoms with Crippen molar-refractivity contribution in [3.63, 3.8) is 0 Å². The summed E-state index contributed by atoms with van der Waals surface area (Å²) in [4.78, 5) is 30.5. The van der Waals surface area contributed by atoms with Gasteiger partial charge in [0.05, 0.1) is 29.7 Å². The first-order chi connectivity index (χ1) is 14.6. The number of benzene rings is 1. The summed E-state index contributed by atoms with van der Waals surface area (Å²) in [5, 5.41) is 12.9. The number of aliphatic hydroxyl groups is 1. The predicted octanol–water partition coefficient (Wildman–Crippen LogP) is 3.70. The fourth-order valence-corrected chi connectivity index (χ4v) is 4.88. The maximum absolute atomic E-state index is 13.2. The summed E-state index contributed by atoms with van der Waals surface area (Å²) in [5.74, 6) is -1.34. The lowest BCUT2D eigenvalue weighted by atomic mass is 9.95. The number of ketones is 1. The molecule has 2 aliphatic heterocycles. The molecule has 158 valence electrons. The number of thiophene rings is 1. The zero-order valence-electron chi connectivity index (χ0n) is 16.4. The van der Waals surface area contributed by atoms with E-state index in [4.69, 9.17) is 16.3 Å². The van der Waals surface area contributed by atoms with Crippen molar-refractivity contribution in [1.29, 1.82) is 0 Å². The predicted molar refractivity (Wildman–Crippen MR) is 116 cm³/mol. The molecule has 0 bridgehead atoms. The van der Waals surface area contributed by atoms with Crippen molar-refractivity contribution in [2.24, 2.45) is 0 Å². The van der Waals surface area contributed by atoms with Crippen LogP contribution in [0.25, 0.3) is 0 Å². The fourth-order valence-electron chi connectivity index (χ4n) is 3.97. The number of carbonyl (C=O) groups is 2. The molecule has 1 amide bonds. The lowest BCUT2D eigenvalue weighted by Crippen LogP contribution is -2.39. The molecule has 0 saturated carbocycles. The Hall–Kier alpha value is -2.19. The molecule has 8 heteroatoms. The number of aliphatic hydroxyl groups excluding tert-OH is 1. The van der Waals surface area contributed by atoms with Crippen LogP contribution in [0.1, 0.15) is 27.7 Å². The fraction of sp³-hybridized carbons (Fsp3) is 0.364. The van der Waals surface area contributed by atoms with Gasteiger partial charge in [0.1, 0.15) is 0 Å². The van der Waals surface area contributed by atoms with Gasteiger partial charge in [0, 0.05) is 31.2 Å². The van der Waals surface area contributed by atoms with E-state index in [-0.39, 0.29) is 11.4 Å². The Labute approximate surface area is 184 Å². The van der Waals surface area contributed by atoms with Crippen LogP contribution < -0.4 is 0 Å². The number of hydrogen-bond donors (Lipinski definition) is 1. The van der Waals surface area contributed by atoms with Crippen molar-refractivity contribution in [2.75, 3.05) is 39.4 Å². The number of amides is 1. The third-order valence-corrected chi connectivity index (χ3v) is 6.68. The van der Waals surface area contributed by atoms with Gasteiger partial charge in [0.2, 0.25) is 5.78 Å². The Morgan fingerprint density at radius 3 is 2.63 bits per heavy atom. The molecule has 1 N–H and O–H groups in total. The monoisotopic (exact) mass is 446 g/mol. The first-order valence-corrected chi connectivity index (χ1v) is 11.2. The van der Waals surface area contributed by atoms with Crippen LogP contribution in [0.15, 0.2) is 53.1 Å². The van der Waals surface area contributed by atoms with Crippen LogP contribution in [0.5, 0.6) is 0 Å². The van der Waals surface area contributed by atoms with Crippen molar-refractivity contribution in [1.82, 2.24) is 9.80 Å². The molecule has 0 spiro atoms. The van der Waals surface area contributed by atoms with Gasteiger partial charge >= 0.3 is 0 Å². The first-order valence-electron chi connectivity index (χ1n) is 9.94. The Morgan fingerprint density at radius 2 is 1.93 bits per heavy atom. The highest BCUT2D eigenvalue weighted by Crippen LogP contribution is 2.41. The number of carbonyl (C=O) groups excluding carboxylic acids is 2. The standard InChI is InChI=1S/C22H23ClN2O4S/c23-16-6-2-1-5-15(16)19-18(20(26)17-7-3-14-30-17)21(27)22(28)25(19)9-4-8-24-10-12-29-13-11-24/h1-3,5-7,14,19,27H,4,8-13H2. The number of morpholine rings is 1. The van der Waals surface area contributed by atoms with Crippen LogP contribution in [0.2, 0.25) is 5.02 Å². The molecule has 0 radical (unpaired) electrons. The Kier molecular flexibility index (Phi) is 6.53. The first kappa shape index (κ1) is 21.1. The van der Waals surface area contributed by atoms with Gasteiger partial charge in [-0.25, -0.2) is 0 Å². The van der Waals surface area contributed by atoms with Crippen molar-refractivity contribution in [3.05, 3.63) is 68.6 Å². The molecule has 30 heavy (non-hydrogen) atoms. The zero-order chi connectivity index (χ0) is 21.1. The summed E-state index contributed by atoms with van der Waals surface area (Å²) in [5.41, 5.74) is 0.741. The lowest BCUT2D eigenvalue weighted by molar-refractivity contribution is -0.129. The van der Waals surface area contributed by atoms with Crippen LogP contribution in [0.4, 0.5) is 0 Å². The summed E-state index contributed by atoms with van der Waals surface area (Å²) < 4.78 is 5.38. The lowest BCUT2D eigenvalue weighted by Gasteiger charge is -2.30. The van der Waals surface area contributed by atoms with E-state index < -0.39 is 17.7 Å². The molecule has 6 nitrogen and oxygen atoms in total. The number of halogens is 1. The maximum atomic E-state index is 13.2. The topological polar surface area (TPSA) is 70.1 Å². The largest absolute Gasteiger partial charge is 0.503 e. The molecule has 0 aliphatic carbocycles. The van der Waals surface area contributed by atoms with Crippen molar-refractivity contribution >= 4 is 34.6 Å². The highest BCUT2D eigenvalue weighted by atomic mass is 35.5. The SMILES string of the molecule is O=C(C1=C(O)C(=O)N(CCCN2CCOCC2)C1c1ccccc1Cl)c1cccs1. The van der Waals surface area contributed by atoms with Gasteiger partial charge in [0.25, 0.3) is 5.91 Å². The van der Waals surface area contributed by atoms with Crippen LogP contribution in [0.3, 0.4) is 0 Å². The van der Waals surface area contributed by atoms with Crippen LogP contribution in [-0.2, 0) is 9.53 Å². The van der Waals surface area contributed by atoms with Crippen molar-refractivity contribution in [2.45, 2.75) is 12.5 Å². The highest BCUT2D eigenvalue weighted by molar-refractivity contribution is 7.12. The van der Waals surface area contributed by atoms with Gasteiger partial charge in [-0.1, -0.05) is 35.9 Å². The van der Waals surface area contributed by atoms with Crippen molar-refractivity contribution < 1.29 is 19.4 Å². The quantitative estimate of drug-likeness (QED) is 0.656. The second-order valence-corrected chi connectivity index (χ2v) is 8.65. The molecule has 3 heterocycles. The van der Waals surface area contributed by atoms with Gasteiger partial charge in [-0.3, -0.25) is 14.5 Å². The van der Waals surface area contributed by atoms with Gasteiger partial charge in [-0.05, 0) is 29.5 Å². The molecule has 1 aromatic carbocycles. The molecule has 1 atom stereocenters. The number of nitrogens with zero attached hydrogens (tertiary/aromatic N) is 2. The summed E-state index contributed by atoms with van der Waals surface area (Å²) in [6.45, 7) is 4.40. The second-order valence-electron chi connectivity index (χ2n) is 7.30. The normalized spacial score (nSPS) is 20.2. The maximum Gasteiger partial charge on any atom is 0.290 e. The molecular formula is C22H23ClN2O4S. The molecule has 1 saturated heterocycles. The minimum absolute atomic E-state index is 0.0990. The molecule has 1 aromatic heterocycles. The Morgan fingerprint density at radius 1 is 1.17 bits per heavy atom. The van der Waals surface area contributed by atoms with Crippen molar-refractivity contribution in [3.8, 4) is 0 Å². The minimum Gasteiger partial charge on any atom is -0.503 e. The molecular weight excluding hydrogens is 424 g/mol. The zero-order valence-corrected chi connectivity index (χ0v) is 18.0. The molecule has 1 fully saturated rings. The molecule has 4 rings (SSSR count). The highest BCUT2D eigenvalue weighted by Gasteiger charge is 2.44. The summed E-state index contributed by atoms with van der Waals surface area (Å²) in [7, 11) is 0. The van der Waals surface area contributed by atoms with E-state index in [1.807, 2.05) is 6.07 Å². The number of ether oxygens (including phenoxy) is 1. The summed E-state index contributed by atoms with van der Waals surface area (Å²) >= 11 is 7.73. The summed E-state index contributed by atoms with van der Waals surface area (Å²) in [6.07, 6.45) is 0.723. The van der Waals surface area contributed by atoms with E-state index in [9.17, 15) is 14.7 Å². The number of rotatable bonds is 7. The average Bonchev–Trinajstić information content (AvgIpc) is 3.38. The van der Waals surface area contributed by atoms with Gasteiger partial charge in [-0.15, -0.1) is 11.3 Å². The second kappa shape index (κ2) is 9.31. The Bertz CT molecular complexity index is 954. The van der Waals surface area contributed by atoms with Gasteiger partial charge < -0.3 is 14.7 Å². The third-order valence-electron chi connectivity index (χ3n) is 5.47. The van der Waals surface area contributed by atoms with E-state index in [0.717, 1.165) is 26.1 Å². The van der Waals surface area contributed by atoms with E-state index >= 15 is 0 Å². The number of hydrogen-bond acceptors (Lipinski definition) is 6. The summed E-state index contributed by atoms with van der Waals surface area (Å²) in [6, 6.07) is 9.92. The van der Waals surface area contributed by atoms with E-state index in [2.05, 4.69) is 4.90 Å². The van der Waals surface area contributed by atoms with Gasteiger partial charge in [0.15, 0.2) is 5.76 Å². The minimum atomic E-state index is -0.703. The van der Waals surface area contributed by atoms with Crippen LogP contribution in [-0.4, -0.2) is 66.0 Å². The molecule has 1 unspecified atom stereocenters. The smallest absolute Gasteiger partial charge is 0.290 e. The average molecular weight is 447 g/mol. The molecule has 2 aliphatic rings. The molecule has 2 aromatic rings. The third kappa shape index (κ3) is 4.16. The van der Waals surface area contributed by atoms with E-state index in [0.29, 0.717) is 35.2 Å². The Balaban J connectivity index is 1.61.